The second-order valence-corrected chi connectivity index (χ2v) is 3.30. The molecule has 0 heterocycles. The van der Waals surface area contributed by atoms with E-state index in [1.807, 2.05) is 0 Å². The Kier molecular flexibility index (Phi) is 5.73. The molecule has 0 bridgehead atoms. The van der Waals surface area contributed by atoms with Crippen LogP contribution in [0.4, 0.5) is 0 Å². The molecular weight excluding hydrogens is 148 g/mol. The first kappa shape index (κ1) is 9.98. The molecule has 3 heteroatoms. The van der Waals surface area contributed by atoms with E-state index in [9.17, 15) is 4.79 Å². The van der Waals surface area contributed by atoms with Gasteiger partial charge in [0, 0.05) is 5.75 Å². The molecule has 0 radical (unpaired) electrons. The summed E-state index contributed by atoms with van der Waals surface area (Å²) >= 11 is 1.22. The van der Waals surface area contributed by atoms with E-state index in [1.54, 1.807) is 0 Å². The van der Waals surface area contributed by atoms with E-state index in [0.717, 1.165) is 18.6 Å². The molecule has 0 amide bonds. The highest BCUT2D eigenvalue weighted by Crippen LogP contribution is 2.07. The van der Waals surface area contributed by atoms with Crippen molar-refractivity contribution >= 4 is 16.9 Å². The number of hydrogen-bond acceptors (Lipinski definition) is 3. The summed E-state index contributed by atoms with van der Waals surface area (Å²) in [5.74, 6) is 0.834. The van der Waals surface area contributed by atoms with Crippen LogP contribution in [0.3, 0.4) is 0 Å². The summed E-state index contributed by atoms with van der Waals surface area (Å²) in [5, 5.41) is 8.63. The Morgan fingerprint density at radius 3 is 2.70 bits per heavy atom. The molecule has 0 saturated heterocycles. The molecular formula is C7H14O2S. The van der Waals surface area contributed by atoms with Crippen molar-refractivity contribution in [1.82, 2.24) is 0 Å². The summed E-state index contributed by atoms with van der Waals surface area (Å²) in [6.07, 6.45) is 1.34. The molecule has 60 valence electrons. The molecule has 2 nitrogen and oxygen atoms in total. The predicted octanol–water partition coefficient (Wildman–Crippen LogP) is 1.43. The van der Waals surface area contributed by atoms with Crippen molar-refractivity contribution in [1.29, 1.82) is 0 Å². The predicted molar refractivity (Wildman–Crippen MR) is 44.1 cm³/mol. The third kappa shape index (κ3) is 4.82. The van der Waals surface area contributed by atoms with Gasteiger partial charge in [0.25, 0.3) is 0 Å². The van der Waals surface area contributed by atoms with Crippen molar-refractivity contribution in [2.24, 2.45) is 0 Å². The SMILES string of the molecule is CCCCSC(=O)[C@H](C)O. The number of unbranched alkanes of at least 4 members (excludes halogenated alkanes) is 1. The van der Waals surface area contributed by atoms with Crippen molar-refractivity contribution in [3.05, 3.63) is 0 Å². The largest absolute Gasteiger partial charge is 0.385 e. The number of rotatable bonds is 4. The molecule has 0 saturated carbocycles. The monoisotopic (exact) mass is 162 g/mol. The van der Waals surface area contributed by atoms with Crippen molar-refractivity contribution in [3.8, 4) is 0 Å². The van der Waals surface area contributed by atoms with E-state index in [4.69, 9.17) is 5.11 Å². The molecule has 0 unspecified atom stereocenters. The summed E-state index contributed by atoms with van der Waals surface area (Å²) in [4.78, 5) is 10.7. The van der Waals surface area contributed by atoms with Crippen LogP contribution in [0.15, 0.2) is 0 Å². The molecule has 0 aliphatic rings. The minimum atomic E-state index is -0.804. The molecule has 0 aromatic heterocycles. The zero-order valence-electron chi connectivity index (χ0n) is 6.46. The lowest BCUT2D eigenvalue weighted by molar-refractivity contribution is -0.117. The van der Waals surface area contributed by atoms with Crippen LogP contribution in [0.2, 0.25) is 0 Å². The minimum Gasteiger partial charge on any atom is -0.385 e. The minimum absolute atomic E-state index is 0.117. The second-order valence-electron chi connectivity index (χ2n) is 2.20. The number of aliphatic hydroxyl groups is 1. The van der Waals surface area contributed by atoms with Gasteiger partial charge in [-0.3, -0.25) is 4.79 Å². The zero-order valence-corrected chi connectivity index (χ0v) is 7.28. The fourth-order valence-corrected chi connectivity index (χ4v) is 1.31. The third-order valence-corrected chi connectivity index (χ3v) is 2.20. The fourth-order valence-electron chi connectivity index (χ4n) is 0.438. The van der Waals surface area contributed by atoms with Gasteiger partial charge in [-0.15, -0.1) is 0 Å². The van der Waals surface area contributed by atoms with Gasteiger partial charge >= 0.3 is 0 Å². The zero-order chi connectivity index (χ0) is 7.98. The van der Waals surface area contributed by atoms with Gasteiger partial charge < -0.3 is 5.11 Å². The average Bonchev–Trinajstić information content (AvgIpc) is 1.88. The van der Waals surface area contributed by atoms with Crippen molar-refractivity contribution < 1.29 is 9.90 Å². The lowest BCUT2D eigenvalue weighted by Gasteiger charge is -2.00. The van der Waals surface area contributed by atoms with Crippen LogP contribution >= 0.6 is 11.8 Å². The van der Waals surface area contributed by atoms with Crippen LogP contribution in [-0.4, -0.2) is 22.1 Å². The number of aliphatic hydroxyl groups excluding tert-OH is 1. The first-order valence-electron chi connectivity index (χ1n) is 3.53. The molecule has 10 heavy (non-hydrogen) atoms. The first-order chi connectivity index (χ1) is 4.68. The maximum Gasteiger partial charge on any atom is 0.217 e. The Morgan fingerprint density at radius 2 is 2.30 bits per heavy atom. The summed E-state index contributed by atoms with van der Waals surface area (Å²) in [5.41, 5.74) is 0. The van der Waals surface area contributed by atoms with Gasteiger partial charge in [0.1, 0.15) is 6.10 Å². The molecule has 0 aliphatic carbocycles. The average molecular weight is 162 g/mol. The number of thioether (sulfide) groups is 1. The standard InChI is InChI=1S/C7H14O2S/c1-3-4-5-10-7(9)6(2)8/h6,8H,3-5H2,1-2H3/t6-/m0/s1. The molecule has 0 spiro atoms. The second kappa shape index (κ2) is 5.74. The summed E-state index contributed by atoms with van der Waals surface area (Å²) in [7, 11) is 0. The van der Waals surface area contributed by atoms with Crippen LogP contribution in [0, 0.1) is 0 Å². The molecule has 1 atom stereocenters. The van der Waals surface area contributed by atoms with E-state index < -0.39 is 6.10 Å². The molecule has 1 N–H and O–H groups in total. The van der Waals surface area contributed by atoms with E-state index in [0.29, 0.717) is 0 Å². The third-order valence-electron chi connectivity index (χ3n) is 1.08. The topological polar surface area (TPSA) is 37.3 Å². The summed E-state index contributed by atoms with van der Waals surface area (Å²) < 4.78 is 0. The summed E-state index contributed by atoms with van der Waals surface area (Å²) in [6.45, 7) is 3.58. The first-order valence-corrected chi connectivity index (χ1v) is 4.51. The van der Waals surface area contributed by atoms with Gasteiger partial charge in [0.05, 0.1) is 0 Å². The highest BCUT2D eigenvalue weighted by molar-refractivity contribution is 8.13. The van der Waals surface area contributed by atoms with E-state index in [2.05, 4.69) is 6.92 Å². The van der Waals surface area contributed by atoms with Gasteiger partial charge in [0.15, 0.2) is 0 Å². The fraction of sp³-hybridized carbons (Fsp3) is 0.857. The van der Waals surface area contributed by atoms with Gasteiger partial charge in [0.2, 0.25) is 5.12 Å². The summed E-state index contributed by atoms with van der Waals surface area (Å²) in [6, 6.07) is 0. The van der Waals surface area contributed by atoms with Gasteiger partial charge in [-0.25, -0.2) is 0 Å². The highest BCUT2D eigenvalue weighted by atomic mass is 32.2. The van der Waals surface area contributed by atoms with Crippen LogP contribution < -0.4 is 0 Å². The van der Waals surface area contributed by atoms with Crippen molar-refractivity contribution in [3.63, 3.8) is 0 Å². The van der Waals surface area contributed by atoms with Crippen LogP contribution in [0.5, 0.6) is 0 Å². The van der Waals surface area contributed by atoms with Crippen LogP contribution in [0.25, 0.3) is 0 Å². The van der Waals surface area contributed by atoms with Gasteiger partial charge in [-0.05, 0) is 13.3 Å². The molecule has 0 rings (SSSR count). The Morgan fingerprint density at radius 1 is 1.70 bits per heavy atom. The number of carbonyl (C=O) groups excluding carboxylic acids is 1. The Labute approximate surface area is 66.0 Å². The highest BCUT2D eigenvalue weighted by Gasteiger charge is 2.07. The van der Waals surface area contributed by atoms with E-state index >= 15 is 0 Å². The quantitative estimate of drug-likeness (QED) is 0.635. The molecule has 0 fully saturated rings. The lowest BCUT2D eigenvalue weighted by atomic mass is 10.4. The Balaban J connectivity index is 3.22. The van der Waals surface area contributed by atoms with Crippen molar-refractivity contribution in [2.45, 2.75) is 32.8 Å². The van der Waals surface area contributed by atoms with Gasteiger partial charge in [-0.1, -0.05) is 25.1 Å². The number of hydrogen-bond donors (Lipinski definition) is 1. The van der Waals surface area contributed by atoms with Crippen LogP contribution in [-0.2, 0) is 4.79 Å². The van der Waals surface area contributed by atoms with E-state index in [-0.39, 0.29) is 5.12 Å². The van der Waals surface area contributed by atoms with Crippen LogP contribution in [0.1, 0.15) is 26.7 Å². The molecule has 0 aromatic carbocycles. The normalized spacial score (nSPS) is 13.1. The lowest BCUT2D eigenvalue weighted by Crippen LogP contribution is -2.11. The van der Waals surface area contributed by atoms with E-state index in [1.165, 1.54) is 18.7 Å². The Bertz CT molecular complexity index is 102. The van der Waals surface area contributed by atoms with Gasteiger partial charge in [-0.2, -0.15) is 0 Å². The smallest absolute Gasteiger partial charge is 0.217 e. The molecule has 0 aromatic rings. The number of carbonyl (C=O) groups is 1. The van der Waals surface area contributed by atoms with Crippen molar-refractivity contribution in [2.75, 3.05) is 5.75 Å². The maximum atomic E-state index is 10.7. The maximum absolute atomic E-state index is 10.7. The molecule has 0 aliphatic heterocycles. The Hall–Kier alpha value is -0.0200.